The monoisotopic (exact) mass is 323 g/mol. The summed E-state index contributed by atoms with van der Waals surface area (Å²) >= 11 is 0. The maximum Gasteiger partial charge on any atom is 0.262 e. The van der Waals surface area contributed by atoms with E-state index in [1.165, 1.54) is 0 Å². The zero-order chi connectivity index (χ0) is 16.9. The molecule has 0 saturated carbocycles. The highest BCUT2D eigenvalue weighted by molar-refractivity contribution is 5.91. The van der Waals surface area contributed by atoms with Gasteiger partial charge in [0, 0.05) is 18.2 Å². The molecule has 0 atom stereocenters. The Kier molecular flexibility index (Phi) is 4.56. The van der Waals surface area contributed by atoms with Crippen molar-refractivity contribution in [1.82, 2.24) is 10.2 Å². The Hall–Kier alpha value is -3.15. The molecular weight excluding hydrogens is 306 g/mol. The lowest BCUT2D eigenvalue weighted by Crippen LogP contribution is -2.20. The van der Waals surface area contributed by atoms with Gasteiger partial charge in [0.2, 0.25) is 11.8 Å². The molecule has 0 radical (unpaired) electrons. The maximum absolute atomic E-state index is 11.9. The summed E-state index contributed by atoms with van der Waals surface area (Å²) in [5.74, 6) is 1.35. The molecule has 0 aliphatic heterocycles. The minimum absolute atomic E-state index is 0.0626. The summed E-state index contributed by atoms with van der Waals surface area (Å²) < 4.78 is 10.8. The summed E-state index contributed by atoms with van der Waals surface area (Å²) in [4.78, 5) is 11.9. The highest BCUT2D eigenvalue weighted by atomic mass is 16.5. The fraction of sp³-hybridized carbons (Fsp3) is 0.167. The van der Waals surface area contributed by atoms with Gasteiger partial charge in [-0.25, -0.2) is 0 Å². The van der Waals surface area contributed by atoms with Crippen LogP contribution < -0.4 is 10.1 Å². The Morgan fingerprint density at radius 2 is 1.75 bits per heavy atom. The van der Waals surface area contributed by atoms with Crippen molar-refractivity contribution >= 4 is 11.6 Å². The summed E-state index contributed by atoms with van der Waals surface area (Å²) in [5.41, 5.74) is 2.68. The van der Waals surface area contributed by atoms with Crippen LogP contribution in [-0.2, 0) is 4.79 Å². The maximum atomic E-state index is 11.9. The molecule has 0 aliphatic rings. The molecule has 3 rings (SSSR count). The van der Waals surface area contributed by atoms with Crippen molar-refractivity contribution < 1.29 is 13.9 Å². The van der Waals surface area contributed by atoms with Crippen LogP contribution in [0.4, 0.5) is 5.69 Å². The van der Waals surface area contributed by atoms with Crippen LogP contribution in [0.2, 0.25) is 0 Å². The minimum Gasteiger partial charge on any atom is -0.484 e. The molecule has 0 bridgehead atoms. The molecule has 1 heterocycles. The second kappa shape index (κ2) is 6.95. The summed E-state index contributed by atoms with van der Waals surface area (Å²) in [6.45, 7) is 3.67. The van der Waals surface area contributed by atoms with Gasteiger partial charge in [-0.1, -0.05) is 17.7 Å². The molecule has 0 unspecified atom stereocenters. The van der Waals surface area contributed by atoms with Gasteiger partial charge in [-0.05, 0) is 43.3 Å². The van der Waals surface area contributed by atoms with Crippen LogP contribution in [0.25, 0.3) is 11.5 Å². The SMILES string of the molecule is Cc1ccc(NC(=O)COc2ccc(-c3nnc(C)o3)cc2)cc1. The van der Waals surface area contributed by atoms with Crippen molar-refractivity contribution in [2.45, 2.75) is 13.8 Å². The molecule has 0 saturated heterocycles. The number of ether oxygens (including phenoxy) is 1. The van der Waals surface area contributed by atoms with Crippen molar-refractivity contribution in [3.63, 3.8) is 0 Å². The molecule has 1 aromatic heterocycles. The van der Waals surface area contributed by atoms with Gasteiger partial charge >= 0.3 is 0 Å². The van der Waals surface area contributed by atoms with Crippen molar-refractivity contribution in [3.8, 4) is 17.2 Å². The smallest absolute Gasteiger partial charge is 0.262 e. The van der Waals surface area contributed by atoms with E-state index in [1.54, 1.807) is 31.2 Å². The number of nitrogens with one attached hydrogen (secondary N) is 1. The van der Waals surface area contributed by atoms with Crippen molar-refractivity contribution in [3.05, 3.63) is 60.0 Å². The molecule has 122 valence electrons. The number of aromatic nitrogens is 2. The molecular formula is C18H17N3O3. The van der Waals surface area contributed by atoms with Gasteiger partial charge in [0.25, 0.3) is 5.91 Å². The van der Waals surface area contributed by atoms with Crippen LogP contribution in [-0.4, -0.2) is 22.7 Å². The molecule has 2 aromatic carbocycles. The number of amides is 1. The molecule has 6 heteroatoms. The van der Waals surface area contributed by atoms with E-state index in [0.717, 1.165) is 16.8 Å². The van der Waals surface area contributed by atoms with E-state index in [1.807, 2.05) is 31.2 Å². The Labute approximate surface area is 139 Å². The van der Waals surface area contributed by atoms with Crippen LogP contribution in [0.5, 0.6) is 5.75 Å². The Morgan fingerprint density at radius 1 is 1.04 bits per heavy atom. The molecule has 0 aliphatic carbocycles. The average Bonchev–Trinajstić information content (AvgIpc) is 3.02. The van der Waals surface area contributed by atoms with Gasteiger partial charge in [-0.15, -0.1) is 10.2 Å². The number of benzene rings is 2. The first kappa shape index (κ1) is 15.7. The first-order chi connectivity index (χ1) is 11.6. The summed E-state index contributed by atoms with van der Waals surface area (Å²) in [5, 5.41) is 10.5. The highest BCUT2D eigenvalue weighted by Gasteiger charge is 2.07. The first-order valence-corrected chi connectivity index (χ1v) is 7.50. The minimum atomic E-state index is -0.213. The van der Waals surface area contributed by atoms with Gasteiger partial charge < -0.3 is 14.5 Å². The van der Waals surface area contributed by atoms with E-state index in [9.17, 15) is 4.79 Å². The Balaban J connectivity index is 1.54. The van der Waals surface area contributed by atoms with Crippen molar-refractivity contribution in [1.29, 1.82) is 0 Å². The third kappa shape index (κ3) is 3.98. The topological polar surface area (TPSA) is 77.2 Å². The van der Waals surface area contributed by atoms with E-state index in [-0.39, 0.29) is 12.5 Å². The largest absolute Gasteiger partial charge is 0.484 e. The van der Waals surface area contributed by atoms with E-state index < -0.39 is 0 Å². The Bertz CT molecular complexity index is 823. The number of aryl methyl sites for hydroxylation is 2. The molecule has 0 spiro atoms. The van der Waals surface area contributed by atoms with E-state index in [0.29, 0.717) is 17.5 Å². The van der Waals surface area contributed by atoms with E-state index in [4.69, 9.17) is 9.15 Å². The summed E-state index contributed by atoms with van der Waals surface area (Å²) in [6.07, 6.45) is 0. The Morgan fingerprint density at radius 3 is 2.38 bits per heavy atom. The van der Waals surface area contributed by atoms with Crippen molar-refractivity contribution in [2.75, 3.05) is 11.9 Å². The van der Waals surface area contributed by atoms with Crippen LogP contribution in [0.3, 0.4) is 0 Å². The third-order valence-electron chi connectivity index (χ3n) is 3.33. The lowest BCUT2D eigenvalue weighted by molar-refractivity contribution is -0.118. The predicted molar refractivity (Wildman–Crippen MR) is 89.8 cm³/mol. The lowest BCUT2D eigenvalue weighted by atomic mass is 10.2. The molecule has 24 heavy (non-hydrogen) atoms. The first-order valence-electron chi connectivity index (χ1n) is 7.50. The fourth-order valence-electron chi connectivity index (χ4n) is 2.09. The molecule has 0 fully saturated rings. The highest BCUT2D eigenvalue weighted by Crippen LogP contribution is 2.21. The number of hydrogen-bond acceptors (Lipinski definition) is 5. The molecule has 3 aromatic rings. The number of rotatable bonds is 5. The number of carbonyl (C=O) groups excluding carboxylic acids is 1. The standard InChI is InChI=1S/C18H17N3O3/c1-12-3-7-15(8-4-12)19-17(22)11-23-16-9-5-14(6-10-16)18-21-20-13(2)24-18/h3-10H,11H2,1-2H3,(H,19,22). The predicted octanol–water partition coefficient (Wildman–Crippen LogP) is 3.37. The molecule has 1 amide bonds. The average molecular weight is 323 g/mol. The normalized spacial score (nSPS) is 10.4. The number of carbonyl (C=O) groups is 1. The van der Waals surface area contributed by atoms with Gasteiger partial charge in [0.15, 0.2) is 6.61 Å². The number of hydrogen-bond donors (Lipinski definition) is 1. The van der Waals surface area contributed by atoms with Gasteiger partial charge in [0.1, 0.15) is 5.75 Å². The third-order valence-corrected chi connectivity index (χ3v) is 3.33. The zero-order valence-electron chi connectivity index (χ0n) is 13.4. The van der Waals surface area contributed by atoms with Crippen LogP contribution in [0.15, 0.2) is 52.9 Å². The van der Waals surface area contributed by atoms with Crippen molar-refractivity contribution in [2.24, 2.45) is 0 Å². The quantitative estimate of drug-likeness (QED) is 0.779. The second-order valence-electron chi connectivity index (χ2n) is 5.35. The van der Waals surface area contributed by atoms with E-state index in [2.05, 4.69) is 15.5 Å². The van der Waals surface area contributed by atoms with Gasteiger partial charge in [-0.3, -0.25) is 4.79 Å². The van der Waals surface area contributed by atoms with Crippen LogP contribution >= 0.6 is 0 Å². The fourth-order valence-corrected chi connectivity index (χ4v) is 2.09. The summed E-state index contributed by atoms with van der Waals surface area (Å²) in [6, 6.07) is 14.7. The molecule has 1 N–H and O–H groups in total. The number of anilines is 1. The van der Waals surface area contributed by atoms with Gasteiger partial charge in [-0.2, -0.15) is 0 Å². The van der Waals surface area contributed by atoms with Crippen LogP contribution in [0, 0.1) is 13.8 Å². The van der Waals surface area contributed by atoms with E-state index >= 15 is 0 Å². The number of nitrogens with zero attached hydrogens (tertiary/aromatic N) is 2. The molecule has 6 nitrogen and oxygen atoms in total. The summed E-state index contributed by atoms with van der Waals surface area (Å²) in [7, 11) is 0. The second-order valence-corrected chi connectivity index (χ2v) is 5.35. The zero-order valence-corrected chi connectivity index (χ0v) is 13.4. The van der Waals surface area contributed by atoms with Gasteiger partial charge in [0.05, 0.1) is 0 Å². The lowest BCUT2D eigenvalue weighted by Gasteiger charge is -2.08. The van der Waals surface area contributed by atoms with Crippen LogP contribution in [0.1, 0.15) is 11.5 Å².